The van der Waals surface area contributed by atoms with Gasteiger partial charge < -0.3 is 5.11 Å². The summed E-state index contributed by atoms with van der Waals surface area (Å²) in [6.45, 7) is 10.6. The Bertz CT molecular complexity index is 283. The van der Waals surface area contributed by atoms with Crippen LogP contribution in [-0.4, -0.2) is 34.7 Å². The molecule has 1 aliphatic carbocycles. The predicted molar refractivity (Wildman–Crippen MR) is 81.2 cm³/mol. The number of nitrogens with zero attached hydrogens (tertiary/aromatic N) is 1. The molecule has 0 bridgehead atoms. The lowest BCUT2D eigenvalue weighted by atomic mass is 9.69. The molecule has 0 aromatic rings. The second-order valence-corrected chi connectivity index (χ2v) is 7.81. The molecule has 0 spiro atoms. The van der Waals surface area contributed by atoms with Gasteiger partial charge in [0.1, 0.15) is 0 Å². The fourth-order valence-corrected chi connectivity index (χ4v) is 4.17. The van der Waals surface area contributed by atoms with Crippen LogP contribution in [-0.2, 0) is 0 Å². The SMILES string of the molecule is CCC1CCCCN1C1CC(C(C)(C)C)CCC1O. The number of hydrogen-bond acceptors (Lipinski definition) is 2. The first-order valence-corrected chi connectivity index (χ1v) is 8.37. The van der Waals surface area contributed by atoms with Gasteiger partial charge in [-0.25, -0.2) is 0 Å². The van der Waals surface area contributed by atoms with Crippen LogP contribution in [0.2, 0.25) is 0 Å². The van der Waals surface area contributed by atoms with Gasteiger partial charge in [-0.05, 0) is 56.4 Å². The normalized spacial score (nSPS) is 38.4. The topological polar surface area (TPSA) is 23.5 Å². The van der Waals surface area contributed by atoms with Crippen molar-refractivity contribution in [1.82, 2.24) is 4.90 Å². The van der Waals surface area contributed by atoms with Crippen molar-refractivity contribution in [3.63, 3.8) is 0 Å². The van der Waals surface area contributed by atoms with Crippen molar-refractivity contribution < 1.29 is 5.11 Å². The van der Waals surface area contributed by atoms with Gasteiger partial charge in [0.15, 0.2) is 0 Å². The Morgan fingerprint density at radius 1 is 1.11 bits per heavy atom. The molecule has 2 nitrogen and oxygen atoms in total. The summed E-state index contributed by atoms with van der Waals surface area (Å²) in [5.74, 6) is 0.764. The number of rotatable bonds is 2. The van der Waals surface area contributed by atoms with E-state index in [1.54, 1.807) is 0 Å². The van der Waals surface area contributed by atoms with Gasteiger partial charge in [-0.3, -0.25) is 4.90 Å². The molecular weight excluding hydrogens is 234 g/mol. The molecule has 1 aliphatic heterocycles. The highest BCUT2D eigenvalue weighted by atomic mass is 16.3. The molecule has 0 aromatic carbocycles. The molecule has 19 heavy (non-hydrogen) atoms. The smallest absolute Gasteiger partial charge is 0.0695 e. The van der Waals surface area contributed by atoms with Gasteiger partial charge in [-0.1, -0.05) is 34.1 Å². The van der Waals surface area contributed by atoms with Crippen molar-refractivity contribution in [3.05, 3.63) is 0 Å². The molecule has 0 amide bonds. The van der Waals surface area contributed by atoms with Gasteiger partial charge in [0.25, 0.3) is 0 Å². The predicted octanol–water partition coefficient (Wildman–Crippen LogP) is 3.83. The fraction of sp³-hybridized carbons (Fsp3) is 1.00. The summed E-state index contributed by atoms with van der Waals surface area (Å²) in [5.41, 5.74) is 0.385. The van der Waals surface area contributed by atoms with E-state index < -0.39 is 0 Å². The number of likely N-dealkylation sites (tertiary alicyclic amines) is 1. The molecule has 1 saturated heterocycles. The summed E-state index contributed by atoms with van der Waals surface area (Å²) in [7, 11) is 0. The highest BCUT2D eigenvalue weighted by Crippen LogP contribution is 2.40. The third-order valence-electron chi connectivity index (χ3n) is 5.58. The Morgan fingerprint density at radius 2 is 1.84 bits per heavy atom. The molecule has 1 saturated carbocycles. The average molecular weight is 267 g/mol. The van der Waals surface area contributed by atoms with Crippen molar-refractivity contribution in [1.29, 1.82) is 0 Å². The zero-order valence-corrected chi connectivity index (χ0v) is 13.4. The van der Waals surface area contributed by atoms with E-state index >= 15 is 0 Å². The molecule has 112 valence electrons. The fourth-order valence-electron chi connectivity index (χ4n) is 4.17. The van der Waals surface area contributed by atoms with Crippen molar-refractivity contribution in [2.45, 2.75) is 90.8 Å². The Balaban J connectivity index is 2.07. The van der Waals surface area contributed by atoms with E-state index in [9.17, 15) is 5.11 Å². The van der Waals surface area contributed by atoms with Crippen LogP contribution in [0.5, 0.6) is 0 Å². The second kappa shape index (κ2) is 6.13. The Hall–Kier alpha value is -0.0800. The maximum Gasteiger partial charge on any atom is 0.0695 e. The van der Waals surface area contributed by atoms with E-state index in [1.807, 2.05) is 0 Å². The van der Waals surface area contributed by atoms with Crippen molar-refractivity contribution in [3.8, 4) is 0 Å². The zero-order chi connectivity index (χ0) is 14.0. The Labute approximate surface area is 119 Å². The van der Waals surface area contributed by atoms with Crippen LogP contribution in [0.15, 0.2) is 0 Å². The minimum Gasteiger partial charge on any atom is -0.391 e. The third kappa shape index (κ3) is 3.52. The quantitative estimate of drug-likeness (QED) is 0.822. The lowest BCUT2D eigenvalue weighted by molar-refractivity contribution is -0.0439. The maximum absolute atomic E-state index is 10.5. The summed E-state index contributed by atoms with van der Waals surface area (Å²) < 4.78 is 0. The van der Waals surface area contributed by atoms with E-state index in [0.717, 1.165) is 12.3 Å². The van der Waals surface area contributed by atoms with Crippen molar-refractivity contribution in [2.24, 2.45) is 11.3 Å². The first kappa shape index (κ1) is 15.3. The molecule has 0 radical (unpaired) electrons. The van der Waals surface area contributed by atoms with Crippen molar-refractivity contribution in [2.75, 3.05) is 6.54 Å². The number of hydrogen-bond donors (Lipinski definition) is 1. The molecule has 1 heterocycles. The van der Waals surface area contributed by atoms with Gasteiger partial charge in [0, 0.05) is 12.1 Å². The largest absolute Gasteiger partial charge is 0.391 e. The van der Waals surface area contributed by atoms with Crippen LogP contribution in [0.4, 0.5) is 0 Å². The van der Waals surface area contributed by atoms with E-state index in [1.165, 1.54) is 45.1 Å². The van der Waals surface area contributed by atoms with Crippen LogP contribution in [0.25, 0.3) is 0 Å². The lowest BCUT2D eigenvalue weighted by Gasteiger charge is -2.48. The van der Waals surface area contributed by atoms with E-state index in [4.69, 9.17) is 0 Å². The van der Waals surface area contributed by atoms with Crippen LogP contribution in [0.1, 0.15) is 72.6 Å². The molecule has 1 N–H and O–H groups in total. The molecule has 0 aromatic heterocycles. The van der Waals surface area contributed by atoms with Crippen LogP contribution < -0.4 is 0 Å². The molecular formula is C17H33NO. The summed E-state index contributed by atoms with van der Waals surface area (Å²) in [6, 6.07) is 1.13. The Kier molecular flexibility index (Phi) is 4.94. The average Bonchev–Trinajstić information content (AvgIpc) is 2.38. The van der Waals surface area contributed by atoms with Gasteiger partial charge >= 0.3 is 0 Å². The molecule has 2 rings (SSSR count). The number of piperidine rings is 1. The number of aliphatic hydroxyl groups is 1. The van der Waals surface area contributed by atoms with Gasteiger partial charge in [0.05, 0.1) is 6.10 Å². The lowest BCUT2D eigenvalue weighted by Crippen LogP contribution is -2.54. The highest BCUT2D eigenvalue weighted by Gasteiger charge is 2.40. The summed E-state index contributed by atoms with van der Waals surface area (Å²) in [4.78, 5) is 2.66. The van der Waals surface area contributed by atoms with Crippen LogP contribution in [0.3, 0.4) is 0 Å². The van der Waals surface area contributed by atoms with Crippen LogP contribution >= 0.6 is 0 Å². The molecule has 4 unspecified atom stereocenters. The van der Waals surface area contributed by atoms with Gasteiger partial charge in [0.2, 0.25) is 0 Å². The number of aliphatic hydroxyl groups excluding tert-OH is 1. The third-order valence-corrected chi connectivity index (χ3v) is 5.58. The van der Waals surface area contributed by atoms with Crippen molar-refractivity contribution >= 4 is 0 Å². The van der Waals surface area contributed by atoms with E-state index in [2.05, 4.69) is 32.6 Å². The first-order valence-electron chi connectivity index (χ1n) is 8.37. The van der Waals surface area contributed by atoms with Crippen LogP contribution in [0, 0.1) is 11.3 Å². The Morgan fingerprint density at radius 3 is 2.47 bits per heavy atom. The van der Waals surface area contributed by atoms with Gasteiger partial charge in [-0.2, -0.15) is 0 Å². The summed E-state index contributed by atoms with van der Waals surface area (Å²) in [6.07, 6.45) is 8.57. The van der Waals surface area contributed by atoms with E-state index in [-0.39, 0.29) is 6.10 Å². The highest BCUT2D eigenvalue weighted by molar-refractivity contribution is 4.93. The summed E-state index contributed by atoms with van der Waals surface area (Å²) in [5, 5.41) is 10.5. The second-order valence-electron chi connectivity index (χ2n) is 7.81. The molecule has 2 fully saturated rings. The first-order chi connectivity index (χ1) is 8.93. The van der Waals surface area contributed by atoms with E-state index in [0.29, 0.717) is 17.5 Å². The minimum atomic E-state index is -0.0919. The minimum absolute atomic E-state index is 0.0919. The molecule has 4 atom stereocenters. The maximum atomic E-state index is 10.5. The monoisotopic (exact) mass is 267 g/mol. The molecule has 2 heteroatoms. The molecule has 2 aliphatic rings. The standard InChI is InChI=1S/C17H33NO/c1-5-14-8-6-7-11-18(14)15-12-13(17(2,3)4)9-10-16(15)19/h13-16,19H,5-12H2,1-4H3. The van der Waals surface area contributed by atoms with Gasteiger partial charge in [-0.15, -0.1) is 0 Å². The summed E-state index contributed by atoms with van der Waals surface area (Å²) >= 11 is 0. The zero-order valence-electron chi connectivity index (χ0n) is 13.4.